The maximum absolute atomic E-state index is 12.4. The monoisotopic (exact) mass is 386 g/mol. The molecule has 0 spiro atoms. The average molecular weight is 387 g/mol. The number of unbranched alkanes of at least 4 members (excludes halogenated alkanes) is 6. The summed E-state index contributed by atoms with van der Waals surface area (Å²) >= 11 is 0. The van der Waals surface area contributed by atoms with Crippen molar-refractivity contribution in [2.75, 3.05) is 19.6 Å². The van der Waals surface area contributed by atoms with Crippen molar-refractivity contribution >= 4 is 11.8 Å². The Morgan fingerprint density at radius 2 is 1.61 bits per heavy atom. The molecule has 1 fully saturated rings. The number of benzene rings is 1. The fraction of sp³-hybridized carbons (Fsp3) is 0.667. The van der Waals surface area contributed by atoms with Crippen molar-refractivity contribution in [1.82, 2.24) is 10.2 Å². The maximum Gasteiger partial charge on any atom is 0.223 e. The molecule has 0 atom stereocenters. The molecule has 1 heterocycles. The molecular weight excluding hydrogens is 348 g/mol. The van der Waals surface area contributed by atoms with Crippen molar-refractivity contribution in [3.63, 3.8) is 0 Å². The lowest BCUT2D eigenvalue weighted by Gasteiger charge is -2.31. The molecule has 0 saturated carbocycles. The molecule has 0 radical (unpaired) electrons. The van der Waals surface area contributed by atoms with Crippen molar-refractivity contribution in [3.05, 3.63) is 35.9 Å². The number of rotatable bonds is 12. The number of hydrogen-bond donors (Lipinski definition) is 1. The van der Waals surface area contributed by atoms with E-state index in [1.807, 2.05) is 23.1 Å². The summed E-state index contributed by atoms with van der Waals surface area (Å²) < 4.78 is 0. The standard InChI is InChI=1S/C24H38N2O2/c1-2-3-4-5-6-7-11-18-25-24(28)22-16-19-26(20-17-22)23(27)15-14-21-12-9-8-10-13-21/h8-10,12-13,22H,2-7,11,14-20H2,1H3,(H,25,28). The van der Waals surface area contributed by atoms with Crippen LogP contribution in [0.5, 0.6) is 0 Å². The molecule has 28 heavy (non-hydrogen) atoms. The molecule has 1 aliphatic heterocycles. The Kier molecular flexibility index (Phi) is 10.7. The van der Waals surface area contributed by atoms with Crippen LogP contribution >= 0.6 is 0 Å². The predicted molar refractivity (Wildman–Crippen MR) is 115 cm³/mol. The van der Waals surface area contributed by atoms with E-state index in [0.717, 1.165) is 32.2 Å². The Bertz CT molecular complexity index is 565. The average Bonchev–Trinajstić information content (AvgIpc) is 2.74. The van der Waals surface area contributed by atoms with Gasteiger partial charge in [-0.25, -0.2) is 0 Å². The topological polar surface area (TPSA) is 49.4 Å². The SMILES string of the molecule is CCCCCCCCCNC(=O)C1CCN(C(=O)CCc2ccccc2)CC1. The third-order valence-electron chi connectivity index (χ3n) is 5.77. The second kappa shape index (κ2) is 13.4. The van der Waals surface area contributed by atoms with Crippen molar-refractivity contribution in [1.29, 1.82) is 0 Å². The van der Waals surface area contributed by atoms with Crippen LogP contribution in [-0.2, 0) is 16.0 Å². The van der Waals surface area contributed by atoms with E-state index in [1.54, 1.807) is 0 Å². The van der Waals surface area contributed by atoms with Crippen LogP contribution in [0.3, 0.4) is 0 Å². The molecule has 0 bridgehead atoms. The highest BCUT2D eigenvalue weighted by Crippen LogP contribution is 2.18. The van der Waals surface area contributed by atoms with E-state index in [-0.39, 0.29) is 17.7 Å². The molecule has 156 valence electrons. The van der Waals surface area contributed by atoms with Gasteiger partial charge in [0.05, 0.1) is 0 Å². The Morgan fingerprint density at radius 3 is 2.29 bits per heavy atom. The lowest BCUT2D eigenvalue weighted by Crippen LogP contribution is -2.43. The molecule has 2 rings (SSSR count). The molecule has 1 aliphatic rings. The lowest BCUT2D eigenvalue weighted by atomic mass is 9.95. The van der Waals surface area contributed by atoms with Crippen molar-refractivity contribution in [2.45, 2.75) is 77.6 Å². The fourth-order valence-electron chi connectivity index (χ4n) is 3.88. The van der Waals surface area contributed by atoms with Crippen LogP contribution < -0.4 is 5.32 Å². The first-order chi connectivity index (χ1) is 13.7. The molecule has 1 saturated heterocycles. The minimum atomic E-state index is 0.0720. The number of amides is 2. The van der Waals surface area contributed by atoms with E-state index in [1.165, 1.54) is 44.1 Å². The van der Waals surface area contributed by atoms with Crippen molar-refractivity contribution < 1.29 is 9.59 Å². The smallest absolute Gasteiger partial charge is 0.223 e. The molecule has 1 aromatic rings. The van der Waals surface area contributed by atoms with Gasteiger partial charge in [-0.2, -0.15) is 0 Å². The van der Waals surface area contributed by atoms with Gasteiger partial charge >= 0.3 is 0 Å². The number of nitrogens with zero attached hydrogens (tertiary/aromatic N) is 1. The van der Waals surface area contributed by atoms with Gasteiger partial charge in [0, 0.05) is 32.0 Å². The zero-order valence-electron chi connectivity index (χ0n) is 17.6. The number of carbonyl (C=O) groups excluding carboxylic acids is 2. The highest BCUT2D eigenvalue weighted by molar-refractivity contribution is 5.80. The first-order valence-corrected chi connectivity index (χ1v) is 11.3. The number of nitrogens with one attached hydrogen (secondary N) is 1. The largest absolute Gasteiger partial charge is 0.356 e. The molecule has 1 aromatic carbocycles. The predicted octanol–water partition coefficient (Wildman–Crippen LogP) is 4.72. The molecule has 0 unspecified atom stereocenters. The van der Waals surface area contributed by atoms with Gasteiger partial charge in [-0.15, -0.1) is 0 Å². The zero-order valence-corrected chi connectivity index (χ0v) is 17.6. The lowest BCUT2D eigenvalue weighted by molar-refractivity contribution is -0.135. The van der Waals surface area contributed by atoms with E-state index >= 15 is 0 Å². The quantitative estimate of drug-likeness (QED) is 0.528. The molecule has 1 N–H and O–H groups in total. The van der Waals surface area contributed by atoms with E-state index in [2.05, 4.69) is 24.4 Å². The van der Waals surface area contributed by atoms with Crippen LogP contribution in [0.1, 0.15) is 76.7 Å². The van der Waals surface area contributed by atoms with Crippen LogP contribution in [0.15, 0.2) is 30.3 Å². The van der Waals surface area contributed by atoms with Crippen LogP contribution in [0.25, 0.3) is 0 Å². The van der Waals surface area contributed by atoms with Gasteiger partial charge in [-0.05, 0) is 31.2 Å². The Morgan fingerprint density at radius 1 is 0.964 bits per heavy atom. The van der Waals surface area contributed by atoms with E-state index < -0.39 is 0 Å². The Hall–Kier alpha value is -1.84. The fourth-order valence-corrected chi connectivity index (χ4v) is 3.88. The summed E-state index contributed by atoms with van der Waals surface area (Å²) in [6.07, 6.45) is 11.8. The maximum atomic E-state index is 12.4. The number of hydrogen-bond acceptors (Lipinski definition) is 2. The van der Waals surface area contributed by atoms with E-state index in [9.17, 15) is 9.59 Å². The Labute approximate surface area is 171 Å². The highest BCUT2D eigenvalue weighted by Gasteiger charge is 2.26. The molecule has 0 aromatic heterocycles. The summed E-state index contributed by atoms with van der Waals surface area (Å²) in [7, 11) is 0. The number of likely N-dealkylation sites (tertiary alicyclic amines) is 1. The van der Waals surface area contributed by atoms with Gasteiger partial charge in [0.2, 0.25) is 11.8 Å². The van der Waals surface area contributed by atoms with Crippen LogP contribution in [0, 0.1) is 5.92 Å². The summed E-state index contributed by atoms with van der Waals surface area (Å²) in [5.41, 5.74) is 1.20. The normalized spacial score (nSPS) is 14.8. The van der Waals surface area contributed by atoms with Crippen molar-refractivity contribution in [2.24, 2.45) is 5.92 Å². The van der Waals surface area contributed by atoms with Crippen LogP contribution in [0.4, 0.5) is 0 Å². The van der Waals surface area contributed by atoms with E-state index in [4.69, 9.17) is 0 Å². The van der Waals surface area contributed by atoms with E-state index in [0.29, 0.717) is 19.5 Å². The number of carbonyl (C=O) groups is 2. The summed E-state index contributed by atoms with van der Waals surface area (Å²) in [6, 6.07) is 10.1. The van der Waals surface area contributed by atoms with Gasteiger partial charge in [0.15, 0.2) is 0 Å². The van der Waals surface area contributed by atoms with Gasteiger partial charge in [0.25, 0.3) is 0 Å². The zero-order chi connectivity index (χ0) is 20.0. The van der Waals surface area contributed by atoms with Gasteiger partial charge in [-0.3, -0.25) is 9.59 Å². The van der Waals surface area contributed by atoms with Gasteiger partial charge in [-0.1, -0.05) is 75.8 Å². The first kappa shape index (κ1) is 22.4. The molecule has 0 aliphatic carbocycles. The van der Waals surface area contributed by atoms with Crippen LogP contribution in [-0.4, -0.2) is 36.3 Å². The number of piperidine rings is 1. The van der Waals surface area contributed by atoms with Gasteiger partial charge in [0.1, 0.15) is 0 Å². The molecule has 2 amide bonds. The summed E-state index contributed by atoms with van der Waals surface area (Å²) in [5.74, 6) is 0.468. The molecular formula is C24H38N2O2. The highest BCUT2D eigenvalue weighted by atomic mass is 16.2. The second-order valence-electron chi connectivity index (χ2n) is 8.05. The molecule has 4 heteroatoms. The minimum absolute atomic E-state index is 0.0720. The summed E-state index contributed by atoms with van der Waals surface area (Å²) in [4.78, 5) is 26.7. The Balaban J connectivity index is 1.54. The minimum Gasteiger partial charge on any atom is -0.356 e. The number of aryl methyl sites for hydroxylation is 1. The van der Waals surface area contributed by atoms with Crippen molar-refractivity contribution in [3.8, 4) is 0 Å². The third kappa shape index (κ3) is 8.45. The first-order valence-electron chi connectivity index (χ1n) is 11.3. The van der Waals surface area contributed by atoms with Gasteiger partial charge < -0.3 is 10.2 Å². The third-order valence-corrected chi connectivity index (χ3v) is 5.77. The molecule has 4 nitrogen and oxygen atoms in total. The second-order valence-corrected chi connectivity index (χ2v) is 8.05. The summed E-state index contributed by atoms with van der Waals surface area (Å²) in [5, 5.41) is 3.10. The van der Waals surface area contributed by atoms with Crippen LogP contribution in [0.2, 0.25) is 0 Å². The summed E-state index contributed by atoms with van der Waals surface area (Å²) in [6.45, 7) is 4.45.